The van der Waals surface area contributed by atoms with E-state index in [9.17, 15) is 14.7 Å². The minimum absolute atomic E-state index is 0.143. The smallest absolute Gasteiger partial charge is 0.337 e. The van der Waals surface area contributed by atoms with Crippen molar-refractivity contribution in [1.82, 2.24) is 9.97 Å². The molecule has 3 N–H and O–H groups in total. The number of esters is 1. The van der Waals surface area contributed by atoms with Crippen molar-refractivity contribution in [2.75, 3.05) is 17.7 Å². The van der Waals surface area contributed by atoms with Crippen molar-refractivity contribution in [3.05, 3.63) is 71.9 Å². The molecular formula is C19H16N4O4. The fraction of sp³-hybridized carbons (Fsp3) is 0.0526. The molecule has 1 heterocycles. The number of ether oxygens (including phenoxy) is 1. The third kappa shape index (κ3) is 4.37. The minimum Gasteiger partial charge on any atom is -0.478 e. The molecule has 27 heavy (non-hydrogen) atoms. The number of carbonyl (C=O) groups excluding carboxylic acids is 1. The van der Waals surface area contributed by atoms with Crippen molar-refractivity contribution in [3.63, 3.8) is 0 Å². The number of hydrogen-bond acceptors (Lipinski definition) is 7. The molecule has 0 fully saturated rings. The average molecular weight is 364 g/mol. The first-order chi connectivity index (χ1) is 13.1. The molecule has 0 unspecified atom stereocenters. The van der Waals surface area contributed by atoms with Crippen LogP contribution in [0.5, 0.6) is 0 Å². The molecular weight excluding hydrogens is 348 g/mol. The lowest BCUT2D eigenvalue weighted by molar-refractivity contribution is 0.0600. The van der Waals surface area contributed by atoms with Crippen LogP contribution in [0.4, 0.5) is 23.1 Å². The molecule has 0 radical (unpaired) electrons. The van der Waals surface area contributed by atoms with Crippen LogP contribution >= 0.6 is 0 Å². The molecule has 136 valence electrons. The van der Waals surface area contributed by atoms with Gasteiger partial charge in [0.1, 0.15) is 5.82 Å². The van der Waals surface area contributed by atoms with E-state index in [1.165, 1.54) is 13.2 Å². The van der Waals surface area contributed by atoms with Gasteiger partial charge in [0, 0.05) is 11.9 Å². The summed E-state index contributed by atoms with van der Waals surface area (Å²) >= 11 is 0. The van der Waals surface area contributed by atoms with E-state index in [0.29, 0.717) is 28.7 Å². The number of rotatable bonds is 6. The summed E-state index contributed by atoms with van der Waals surface area (Å²) in [5.74, 6) is -0.691. The Morgan fingerprint density at radius 3 is 2.44 bits per heavy atom. The van der Waals surface area contributed by atoms with Crippen LogP contribution < -0.4 is 10.6 Å². The first-order valence-corrected chi connectivity index (χ1v) is 7.94. The van der Waals surface area contributed by atoms with E-state index in [1.54, 1.807) is 54.7 Å². The molecule has 2 aromatic carbocycles. The predicted molar refractivity (Wildman–Crippen MR) is 99.8 cm³/mol. The molecule has 8 nitrogen and oxygen atoms in total. The van der Waals surface area contributed by atoms with E-state index in [-0.39, 0.29) is 5.56 Å². The molecule has 3 rings (SSSR count). The topological polar surface area (TPSA) is 113 Å². The zero-order valence-electron chi connectivity index (χ0n) is 14.3. The second kappa shape index (κ2) is 7.96. The van der Waals surface area contributed by atoms with E-state index >= 15 is 0 Å². The van der Waals surface area contributed by atoms with Gasteiger partial charge in [-0.05, 0) is 42.5 Å². The van der Waals surface area contributed by atoms with Gasteiger partial charge in [0.15, 0.2) is 0 Å². The molecule has 0 bridgehead atoms. The number of anilines is 4. The normalized spacial score (nSPS) is 10.1. The summed E-state index contributed by atoms with van der Waals surface area (Å²) in [5, 5.41) is 15.3. The second-order valence-corrected chi connectivity index (χ2v) is 5.44. The molecule has 0 aliphatic rings. The zero-order chi connectivity index (χ0) is 19.2. The van der Waals surface area contributed by atoms with E-state index in [0.717, 1.165) is 0 Å². The number of hydrogen-bond donors (Lipinski definition) is 3. The van der Waals surface area contributed by atoms with E-state index in [1.807, 2.05) is 0 Å². The highest BCUT2D eigenvalue weighted by molar-refractivity contribution is 5.95. The van der Waals surface area contributed by atoms with Crippen LogP contribution in [0.1, 0.15) is 20.7 Å². The number of nitrogens with one attached hydrogen (secondary N) is 2. The van der Waals surface area contributed by atoms with Crippen molar-refractivity contribution in [1.29, 1.82) is 0 Å². The van der Waals surface area contributed by atoms with Gasteiger partial charge >= 0.3 is 11.9 Å². The Labute approximate surface area is 154 Å². The third-order valence-electron chi connectivity index (χ3n) is 3.64. The van der Waals surface area contributed by atoms with Gasteiger partial charge in [0.2, 0.25) is 5.95 Å². The van der Waals surface area contributed by atoms with Gasteiger partial charge in [-0.15, -0.1) is 0 Å². The highest BCUT2D eigenvalue weighted by atomic mass is 16.5. The number of nitrogens with zero attached hydrogens (tertiary/aromatic N) is 2. The maximum atomic E-state index is 11.5. The Bertz CT molecular complexity index is 973. The van der Waals surface area contributed by atoms with Gasteiger partial charge in [-0.3, -0.25) is 0 Å². The average Bonchev–Trinajstić information content (AvgIpc) is 2.68. The highest BCUT2D eigenvalue weighted by Gasteiger charge is 2.10. The lowest BCUT2D eigenvalue weighted by Crippen LogP contribution is -2.05. The summed E-state index contributed by atoms with van der Waals surface area (Å²) in [6.45, 7) is 0. The van der Waals surface area contributed by atoms with Gasteiger partial charge in [0.05, 0.1) is 23.9 Å². The fourth-order valence-electron chi connectivity index (χ4n) is 2.34. The molecule has 0 atom stereocenters. The largest absolute Gasteiger partial charge is 0.478 e. The standard InChI is InChI=1S/C19H16N4O4/c1-27-18(26)12-6-8-13(9-7-12)21-19-20-11-10-16(23-19)22-15-5-3-2-4-14(15)17(24)25/h2-11H,1H3,(H,24,25)(H2,20,21,22,23). The van der Waals surface area contributed by atoms with E-state index in [2.05, 4.69) is 25.3 Å². The number of benzene rings is 2. The van der Waals surface area contributed by atoms with Gasteiger partial charge in [-0.1, -0.05) is 12.1 Å². The SMILES string of the molecule is COC(=O)c1ccc(Nc2nccc(Nc3ccccc3C(=O)O)n2)cc1. The fourth-order valence-corrected chi connectivity index (χ4v) is 2.34. The van der Waals surface area contributed by atoms with Gasteiger partial charge < -0.3 is 20.5 Å². The lowest BCUT2D eigenvalue weighted by Gasteiger charge is -2.10. The first-order valence-electron chi connectivity index (χ1n) is 7.94. The maximum Gasteiger partial charge on any atom is 0.337 e. The number of aromatic nitrogens is 2. The molecule has 8 heteroatoms. The second-order valence-electron chi connectivity index (χ2n) is 5.44. The zero-order valence-corrected chi connectivity index (χ0v) is 14.3. The minimum atomic E-state index is -1.03. The van der Waals surface area contributed by atoms with Crippen molar-refractivity contribution < 1.29 is 19.4 Å². The molecule has 0 aliphatic carbocycles. The Morgan fingerprint density at radius 2 is 1.74 bits per heavy atom. The van der Waals surface area contributed by atoms with Crippen LogP contribution in [0, 0.1) is 0 Å². The van der Waals surface area contributed by atoms with Crippen molar-refractivity contribution in [2.24, 2.45) is 0 Å². The van der Waals surface area contributed by atoms with E-state index in [4.69, 9.17) is 0 Å². The molecule has 0 saturated heterocycles. The van der Waals surface area contributed by atoms with Crippen LogP contribution in [0.2, 0.25) is 0 Å². The molecule has 1 aromatic heterocycles. The molecule has 0 spiro atoms. The summed E-state index contributed by atoms with van der Waals surface area (Å²) in [6.07, 6.45) is 1.55. The Kier molecular flexibility index (Phi) is 5.27. The molecule has 0 aliphatic heterocycles. The summed E-state index contributed by atoms with van der Waals surface area (Å²) in [7, 11) is 1.32. The Morgan fingerprint density at radius 1 is 1.00 bits per heavy atom. The van der Waals surface area contributed by atoms with Gasteiger partial charge in [-0.25, -0.2) is 14.6 Å². The van der Waals surface area contributed by atoms with Crippen LogP contribution in [0.15, 0.2) is 60.8 Å². The summed E-state index contributed by atoms with van der Waals surface area (Å²) in [4.78, 5) is 31.2. The molecule has 0 amide bonds. The number of para-hydroxylation sites is 1. The number of carbonyl (C=O) groups is 2. The molecule has 0 saturated carbocycles. The summed E-state index contributed by atoms with van der Waals surface area (Å²) < 4.78 is 4.66. The van der Waals surface area contributed by atoms with Crippen LogP contribution in [-0.2, 0) is 4.74 Å². The quantitative estimate of drug-likeness (QED) is 0.570. The predicted octanol–water partition coefficient (Wildman–Crippen LogP) is 3.45. The number of carboxylic acids is 1. The lowest BCUT2D eigenvalue weighted by atomic mass is 10.2. The maximum absolute atomic E-state index is 11.5. The monoisotopic (exact) mass is 364 g/mol. The summed E-state index contributed by atoms with van der Waals surface area (Å²) in [5.41, 5.74) is 1.69. The van der Waals surface area contributed by atoms with Crippen molar-refractivity contribution in [3.8, 4) is 0 Å². The van der Waals surface area contributed by atoms with Crippen LogP contribution in [-0.4, -0.2) is 34.1 Å². The van der Waals surface area contributed by atoms with Crippen LogP contribution in [0.25, 0.3) is 0 Å². The molecule has 3 aromatic rings. The Balaban J connectivity index is 1.76. The van der Waals surface area contributed by atoms with Crippen molar-refractivity contribution in [2.45, 2.75) is 0 Å². The highest BCUT2D eigenvalue weighted by Crippen LogP contribution is 2.21. The van der Waals surface area contributed by atoms with E-state index < -0.39 is 11.9 Å². The number of carboxylic acid groups (broad SMARTS) is 1. The number of methoxy groups -OCH3 is 1. The third-order valence-corrected chi connectivity index (χ3v) is 3.64. The number of aromatic carboxylic acids is 1. The first kappa shape index (κ1) is 17.9. The van der Waals surface area contributed by atoms with Gasteiger partial charge in [-0.2, -0.15) is 4.98 Å². The van der Waals surface area contributed by atoms with Gasteiger partial charge in [0.25, 0.3) is 0 Å². The Hall–Kier alpha value is -3.94. The van der Waals surface area contributed by atoms with Crippen molar-refractivity contribution >= 4 is 35.1 Å². The van der Waals surface area contributed by atoms with Crippen LogP contribution in [0.3, 0.4) is 0 Å². The summed E-state index contributed by atoms with van der Waals surface area (Å²) in [6, 6.07) is 14.8.